The molecule has 4 rings (SSSR count). The van der Waals surface area contributed by atoms with Crippen molar-refractivity contribution in [2.45, 2.75) is 58.2 Å². The van der Waals surface area contributed by atoms with Gasteiger partial charge >= 0.3 is 6.03 Å². The van der Waals surface area contributed by atoms with Gasteiger partial charge in [0.2, 0.25) is 0 Å². The Hall–Kier alpha value is -3.18. The van der Waals surface area contributed by atoms with Crippen LogP contribution in [0.1, 0.15) is 48.6 Å². The van der Waals surface area contributed by atoms with Gasteiger partial charge in [-0.15, -0.1) is 5.54 Å². The van der Waals surface area contributed by atoms with Gasteiger partial charge in [-0.3, -0.25) is 4.90 Å². The average molecular weight is 433 g/mol. The minimum Gasteiger partial charge on any atom is -0.351 e. The minimum absolute atomic E-state index is 0.304. The second kappa shape index (κ2) is 8.15. The number of nitrogens with zero attached hydrogens (tertiary/aromatic N) is 5. The number of carbonyl (C=O) groups is 1. The summed E-state index contributed by atoms with van der Waals surface area (Å²) in [5, 5.41) is 4.48. The van der Waals surface area contributed by atoms with Crippen molar-refractivity contribution in [2.75, 3.05) is 4.90 Å². The van der Waals surface area contributed by atoms with Crippen LogP contribution in [0.2, 0.25) is 19.6 Å². The summed E-state index contributed by atoms with van der Waals surface area (Å²) >= 11 is 0. The molecule has 0 bridgehead atoms. The van der Waals surface area contributed by atoms with Crippen LogP contribution < -0.4 is 10.6 Å². The number of amides is 2. The van der Waals surface area contributed by atoms with E-state index in [9.17, 15) is 4.79 Å². The molecule has 0 saturated heterocycles. The van der Waals surface area contributed by atoms with Crippen LogP contribution in [0, 0.1) is 18.4 Å². The number of nitrogens with two attached hydrogens (primary N) is 1. The number of urea groups is 1. The van der Waals surface area contributed by atoms with E-state index in [4.69, 9.17) is 5.73 Å². The number of pyridine rings is 1. The molecular formula is C23H28N6OSi. The molecule has 8 heteroatoms. The van der Waals surface area contributed by atoms with Crippen LogP contribution in [0.15, 0.2) is 30.7 Å². The van der Waals surface area contributed by atoms with Gasteiger partial charge in [0.15, 0.2) is 5.65 Å². The maximum absolute atomic E-state index is 12.6. The summed E-state index contributed by atoms with van der Waals surface area (Å²) in [6, 6.07) is 3.21. The number of hydrogen-bond donors (Lipinski definition) is 1. The van der Waals surface area contributed by atoms with Crippen molar-refractivity contribution in [3.05, 3.63) is 47.7 Å². The monoisotopic (exact) mass is 432 g/mol. The van der Waals surface area contributed by atoms with Crippen LogP contribution in [0.4, 0.5) is 16.2 Å². The first-order chi connectivity index (χ1) is 14.7. The highest BCUT2D eigenvalue weighted by molar-refractivity contribution is 6.83. The summed E-state index contributed by atoms with van der Waals surface area (Å²) in [4.78, 5) is 23.2. The summed E-state index contributed by atoms with van der Waals surface area (Å²) in [6.45, 7) is 8.54. The Balaban J connectivity index is 1.83. The van der Waals surface area contributed by atoms with Crippen molar-refractivity contribution in [3.63, 3.8) is 0 Å². The zero-order valence-corrected chi connectivity index (χ0v) is 19.5. The van der Waals surface area contributed by atoms with Crippen LogP contribution >= 0.6 is 0 Å². The fourth-order valence-electron chi connectivity index (χ4n) is 4.08. The molecule has 0 unspecified atom stereocenters. The number of anilines is 2. The van der Waals surface area contributed by atoms with E-state index in [1.807, 2.05) is 23.6 Å². The maximum atomic E-state index is 12.6. The third-order valence-electron chi connectivity index (χ3n) is 5.51. The second-order valence-corrected chi connectivity index (χ2v) is 13.9. The first kappa shape index (κ1) is 21.1. The first-order valence-electron chi connectivity index (χ1n) is 10.7. The van der Waals surface area contributed by atoms with E-state index in [0.29, 0.717) is 17.3 Å². The Bertz CT molecular complexity index is 1190. The third-order valence-corrected chi connectivity index (χ3v) is 6.39. The summed E-state index contributed by atoms with van der Waals surface area (Å²) < 4.78 is 1.84. The quantitative estimate of drug-likeness (QED) is 0.486. The normalized spacial score (nSPS) is 14.5. The molecule has 160 valence electrons. The van der Waals surface area contributed by atoms with Gasteiger partial charge in [-0.05, 0) is 31.4 Å². The van der Waals surface area contributed by atoms with Crippen LogP contribution in [0.25, 0.3) is 5.65 Å². The number of primary amides is 1. The number of rotatable bonds is 3. The molecule has 2 amide bonds. The molecule has 31 heavy (non-hydrogen) atoms. The summed E-state index contributed by atoms with van der Waals surface area (Å²) in [7, 11) is -1.51. The van der Waals surface area contributed by atoms with Crippen molar-refractivity contribution < 1.29 is 4.79 Å². The standard InChI is InChI=1S/C23H28N6OSi/c1-16-13-18(14-25-19(16)10-12-31(2,3)4)28(23(24)30)20-15-26-21-9-11-27-29(21)22(20)17-7-5-6-8-17/h9,11,13-15,17H,5-8H2,1-4H3,(H2,24,30). The van der Waals surface area contributed by atoms with Gasteiger partial charge in [0, 0.05) is 12.0 Å². The highest BCUT2D eigenvalue weighted by Gasteiger charge is 2.29. The fraction of sp³-hybridized carbons (Fsp3) is 0.391. The van der Waals surface area contributed by atoms with Crippen LogP contribution in [0.3, 0.4) is 0 Å². The van der Waals surface area contributed by atoms with Gasteiger partial charge in [0.25, 0.3) is 0 Å². The van der Waals surface area contributed by atoms with E-state index < -0.39 is 14.1 Å². The van der Waals surface area contributed by atoms with E-state index in [-0.39, 0.29) is 0 Å². The number of aromatic nitrogens is 4. The maximum Gasteiger partial charge on any atom is 0.324 e. The van der Waals surface area contributed by atoms with Gasteiger partial charge in [0.1, 0.15) is 13.8 Å². The minimum atomic E-state index is -1.51. The molecule has 0 radical (unpaired) electrons. The Kier molecular flexibility index (Phi) is 5.54. The number of fused-ring (bicyclic) bond motifs is 1. The van der Waals surface area contributed by atoms with Gasteiger partial charge in [-0.25, -0.2) is 19.3 Å². The number of hydrogen-bond acceptors (Lipinski definition) is 4. The van der Waals surface area contributed by atoms with E-state index >= 15 is 0 Å². The highest BCUT2D eigenvalue weighted by atomic mass is 28.3. The molecule has 0 spiro atoms. The lowest BCUT2D eigenvalue weighted by molar-refractivity contribution is 0.256. The van der Waals surface area contributed by atoms with Crippen molar-refractivity contribution in [1.82, 2.24) is 19.6 Å². The Labute approximate surface area is 183 Å². The predicted octanol–water partition coefficient (Wildman–Crippen LogP) is 4.54. The van der Waals surface area contributed by atoms with E-state index in [1.165, 1.54) is 4.90 Å². The van der Waals surface area contributed by atoms with Crippen LogP contribution in [-0.2, 0) is 0 Å². The molecule has 2 N–H and O–H groups in total. The lowest BCUT2D eigenvalue weighted by Crippen LogP contribution is -2.33. The molecule has 3 aromatic rings. The molecule has 0 atom stereocenters. The fourth-order valence-corrected chi connectivity index (χ4v) is 4.57. The van der Waals surface area contributed by atoms with Crippen LogP contribution in [-0.4, -0.2) is 33.7 Å². The van der Waals surface area contributed by atoms with Crippen LogP contribution in [0.5, 0.6) is 0 Å². The lowest BCUT2D eigenvalue weighted by atomic mass is 10.0. The number of carbonyl (C=O) groups excluding carboxylic acids is 1. The Morgan fingerprint density at radius 2 is 1.97 bits per heavy atom. The average Bonchev–Trinajstić information content (AvgIpc) is 3.38. The molecule has 0 aliphatic heterocycles. The Morgan fingerprint density at radius 3 is 2.61 bits per heavy atom. The van der Waals surface area contributed by atoms with Crippen molar-refractivity contribution in [1.29, 1.82) is 0 Å². The third kappa shape index (κ3) is 4.32. The predicted molar refractivity (Wildman–Crippen MR) is 125 cm³/mol. The molecule has 1 aliphatic carbocycles. The van der Waals surface area contributed by atoms with E-state index in [2.05, 4.69) is 46.2 Å². The second-order valence-electron chi connectivity index (χ2n) is 9.14. The summed E-state index contributed by atoms with van der Waals surface area (Å²) in [5.74, 6) is 3.51. The molecule has 1 saturated carbocycles. The molecular weight excluding hydrogens is 404 g/mol. The summed E-state index contributed by atoms with van der Waals surface area (Å²) in [6.07, 6.45) is 9.56. The molecule has 3 heterocycles. The molecule has 1 fully saturated rings. The topological polar surface area (TPSA) is 89.4 Å². The van der Waals surface area contributed by atoms with Crippen molar-refractivity contribution in [2.24, 2.45) is 5.73 Å². The van der Waals surface area contributed by atoms with Gasteiger partial charge < -0.3 is 5.73 Å². The number of aryl methyl sites for hydroxylation is 1. The smallest absolute Gasteiger partial charge is 0.324 e. The van der Waals surface area contributed by atoms with E-state index in [1.54, 1.807) is 18.6 Å². The summed E-state index contributed by atoms with van der Waals surface area (Å²) in [5.41, 5.74) is 13.9. The van der Waals surface area contributed by atoms with Gasteiger partial charge in [-0.1, -0.05) is 38.4 Å². The molecule has 7 nitrogen and oxygen atoms in total. The lowest BCUT2D eigenvalue weighted by Gasteiger charge is -2.25. The van der Waals surface area contributed by atoms with Crippen molar-refractivity contribution >= 4 is 31.1 Å². The molecule has 0 aromatic carbocycles. The largest absolute Gasteiger partial charge is 0.351 e. The van der Waals surface area contributed by atoms with E-state index in [0.717, 1.165) is 48.3 Å². The molecule has 3 aromatic heterocycles. The Morgan fingerprint density at radius 1 is 1.23 bits per heavy atom. The zero-order chi connectivity index (χ0) is 22.2. The van der Waals surface area contributed by atoms with Gasteiger partial charge in [-0.2, -0.15) is 5.10 Å². The highest BCUT2D eigenvalue weighted by Crippen LogP contribution is 2.40. The van der Waals surface area contributed by atoms with Crippen molar-refractivity contribution in [3.8, 4) is 11.5 Å². The SMILES string of the molecule is Cc1cc(N(C(N)=O)c2cnc3ccnn3c2C2CCCC2)cnc1C#C[Si](C)(C)C. The molecule has 1 aliphatic rings. The van der Waals surface area contributed by atoms with Gasteiger partial charge in [0.05, 0.1) is 35.7 Å². The first-order valence-corrected chi connectivity index (χ1v) is 14.2. The zero-order valence-electron chi connectivity index (χ0n) is 18.5.